The molecule has 1 aliphatic heterocycles. The fourth-order valence-corrected chi connectivity index (χ4v) is 3.90. The Labute approximate surface area is 128 Å². The van der Waals surface area contributed by atoms with E-state index in [9.17, 15) is 0 Å². The minimum atomic E-state index is -0.107. The Kier molecular flexibility index (Phi) is 4.23. The van der Waals surface area contributed by atoms with E-state index >= 15 is 0 Å². The largest absolute Gasteiger partial charge is 0.497 e. The summed E-state index contributed by atoms with van der Waals surface area (Å²) in [5, 5.41) is 3.63. The van der Waals surface area contributed by atoms with Crippen LogP contribution in [0.1, 0.15) is 44.6 Å². The average molecular weight is 289 g/mol. The van der Waals surface area contributed by atoms with Crippen LogP contribution in [0.15, 0.2) is 24.3 Å². The Morgan fingerprint density at radius 1 is 1.10 bits per heavy atom. The number of rotatable bonds is 3. The van der Waals surface area contributed by atoms with E-state index in [2.05, 4.69) is 24.4 Å². The molecule has 3 nitrogen and oxygen atoms in total. The van der Waals surface area contributed by atoms with Crippen molar-refractivity contribution in [3.8, 4) is 5.75 Å². The topological polar surface area (TPSA) is 30.5 Å². The van der Waals surface area contributed by atoms with Gasteiger partial charge in [-0.25, -0.2) is 0 Å². The van der Waals surface area contributed by atoms with Gasteiger partial charge < -0.3 is 14.8 Å². The van der Waals surface area contributed by atoms with Gasteiger partial charge in [-0.15, -0.1) is 0 Å². The minimum Gasteiger partial charge on any atom is -0.497 e. The third-order valence-corrected chi connectivity index (χ3v) is 4.91. The van der Waals surface area contributed by atoms with Crippen LogP contribution in [-0.2, 0) is 11.2 Å². The smallest absolute Gasteiger partial charge is 0.118 e. The predicted octanol–water partition coefficient (Wildman–Crippen LogP) is 3.32. The van der Waals surface area contributed by atoms with Crippen molar-refractivity contribution in [2.75, 3.05) is 20.2 Å². The van der Waals surface area contributed by atoms with Crippen LogP contribution in [0.5, 0.6) is 5.75 Å². The second kappa shape index (κ2) is 5.98. The van der Waals surface area contributed by atoms with Gasteiger partial charge in [0.15, 0.2) is 0 Å². The van der Waals surface area contributed by atoms with Gasteiger partial charge in [0.05, 0.1) is 18.3 Å². The van der Waals surface area contributed by atoms with Crippen molar-refractivity contribution in [1.82, 2.24) is 5.32 Å². The molecule has 0 bridgehead atoms. The summed E-state index contributed by atoms with van der Waals surface area (Å²) in [7, 11) is 1.71. The summed E-state index contributed by atoms with van der Waals surface area (Å²) in [6, 6.07) is 8.36. The van der Waals surface area contributed by atoms with Crippen molar-refractivity contribution in [1.29, 1.82) is 0 Å². The number of hydrogen-bond acceptors (Lipinski definition) is 3. The summed E-state index contributed by atoms with van der Waals surface area (Å²) in [5.74, 6) is 0.912. The summed E-state index contributed by atoms with van der Waals surface area (Å²) in [4.78, 5) is 0. The Morgan fingerprint density at radius 3 is 2.48 bits per heavy atom. The van der Waals surface area contributed by atoms with Crippen LogP contribution in [-0.4, -0.2) is 31.4 Å². The maximum atomic E-state index is 6.67. The molecule has 1 heterocycles. The molecule has 3 rings (SSSR count). The van der Waals surface area contributed by atoms with Gasteiger partial charge in [-0.2, -0.15) is 0 Å². The first-order valence-electron chi connectivity index (χ1n) is 8.17. The molecule has 1 aliphatic carbocycles. The van der Waals surface area contributed by atoms with Crippen molar-refractivity contribution in [2.24, 2.45) is 0 Å². The van der Waals surface area contributed by atoms with Gasteiger partial charge in [-0.3, -0.25) is 0 Å². The molecule has 0 amide bonds. The quantitative estimate of drug-likeness (QED) is 0.926. The second-order valence-electron chi connectivity index (χ2n) is 6.92. The van der Waals surface area contributed by atoms with Crippen LogP contribution in [0.4, 0.5) is 0 Å². The summed E-state index contributed by atoms with van der Waals surface area (Å²) in [6.07, 6.45) is 7.34. The number of ether oxygens (including phenoxy) is 2. The van der Waals surface area contributed by atoms with Crippen LogP contribution in [0.2, 0.25) is 0 Å². The Morgan fingerprint density at radius 2 is 1.81 bits per heavy atom. The molecule has 1 N–H and O–H groups in total. The van der Waals surface area contributed by atoms with Gasteiger partial charge in [0.2, 0.25) is 0 Å². The summed E-state index contributed by atoms with van der Waals surface area (Å²) >= 11 is 0. The lowest BCUT2D eigenvalue weighted by molar-refractivity contribution is -0.182. The predicted molar refractivity (Wildman–Crippen MR) is 84.9 cm³/mol. The summed E-state index contributed by atoms with van der Waals surface area (Å²) < 4.78 is 11.9. The third kappa shape index (κ3) is 3.41. The maximum Gasteiger partial charge on any atom is 0.118 e. The zero-order chi connectivity index (χ0) is 14.8. The molecule has 1 atom stereocenters. The lowest BCUT2D eigenvalue weighted by atomic mass is 9.81. The number of benzene rings is 1. The van der Waals surface area contributed by atoms with Crippen LogP contribution in [0.25, 0.3) is 0 Å². The minimum absolute atomic E-state index is 0.0811. The molecule has 1 saturated heterocycles. The number of methoxy groups -OCH3 is 1. The standard InChI is InChI=1S/C18H27NO2/c1-17(12-15-6-8-16(20-2)9-7-15)13-19-14-18(21-17)10-4-3-5-11-18/h6-9,19H,3-5,10-14H2,1-2H3. The summed E-state index contributed by atoms with van der Waals surface area (Å²) in [5.41, 5.74) is 1.29. The van der Waals surface area contributed by atoms with Crippen LogP contribution >= 0.6 is 0 Å². The highest BCUT2D eigenvalue weighted by Gasteiger charge is 2.43. The SMILES string of the molecule is COc1ccc(CC2(C)CNCC3(CCCCC3)O2)cc1. The van der Waals surface area contributed by atoms with E-state index in [0.29, 0.717) is 0 Å². The molecule has 1 aromatic carbocycles. The number of nitrogens with one attached hydrogen (secondary N) is 1. The van der Waals surface area contributed by atoms with Crippen molar-refractivity contribution >= 4 is 0 Å². The van der Waals surface area contributed by atoms with E-state index in [0.717, 1.165) is 25.3 Å². The van der Waals surface area contributed by atoms with Crippen molar-refractivity contribution < 1.29 is 9.47 Å². The van der Waals surface area contributed by atoms with E-state index < -0.39 is 0 Å². The van der Waals surface area contributed by atoms with Gasteiger partial charge in [-0.1, -0.05) is 31.4 Å². The fraction of sp³-hybridized carbons (Fsp3) is 0.667. The zero-order valence-corrected chi connectivity index (χ0v) is 13.3. The second-order valence-corrected chi connectivity index (χ2v) is 6.92. The van der Waals surface area contributed by atoms with E-state index in [4.69, 9.17) is 9.47 Å². The Balaban J connectivity index is 1.70. The monoisotopic (exact) mass is 289 g/mol. The average Bonchev–Trinajstić information content (AvgIpc) is 2.48. The van der Waals surface area contributed by atoms with Crippen molar-refractivity contribution in [3.63, 3.8) is 0 Å². The molecule has 0 aromatic heterocycles. The summed E-state index contributed by atoms with van der Waals surface area (Å²) in [6.45, 7) is 4.20. The lowest BCUT2D eigenvalue weighted by Gasteiger charge is -2.49. The third-order valence-electron chi connectivity index (χ3n) is 4.91. The molecule has 1 aromatic rings. The van der Waals surface area contributed by atoms with E-state index in [1.807, 2.05) is 12.1 Å². The van der Waals surface area contributed by atoms with Gasteiger partial charge in [-0.05, 0) is 37.5 Å². The Bertz CT molecular complexity index is 459. The van der Waals surface area contributed by atoms with Gasteiger partial charge >= 0.3 is 0 Å². The highest BCUT2D eigenvalue weighted by atomic mass is 16.5. The first-order valence-corrected chi connectivity index (χ1v) is 8.17. The first kappa shape index (κ1) is 14.9. The molecule has 0 radical (unpaired) electrons. The molecule has 116 valence electrons. The van der Waals surface area contributed by atoms with Crippen LogP contribution in [0, 0.1) is 0 Å². The highest BCUT2D eigenvalue weighted by Crippen LogP contribution is 2.38. The van der Waals surface area contributed by atoms with Gasteiger partial charge in [0.1, 0.15) is 5.75 Å². The van der Waals surface area contributed by atoms with Gasteiger partial charge in [0, 0.05) is 19.5 Å². The molecule has 21 heavy (non-hydrogen) atoms. The molecular formula is C18H27NO2. The van der Waals surface area contributed by atoms with Crippen LogP contribution in [0.3, 0.4) is 0 Å². The Hall–Kier alpha value is -1.06. The molecule has 3 heteroatoms. The first-order chi connectivity index (χ1) is 10.1. The molecule has 2 fully saturated rings. The van der Waals surface area contributed by atoms with Crippen molar-refractivity contribution in [3.05, 3.63) is 29.8 Å². The molecule has 1 unspecified atom stereocenters. The van der Waals surface area contributed by atoms with Crippen molar-refractivity contribution in [2.45, 2.75) is 56.7 Å². The lowest BCUT2D eigenvalue weighted by Crippen LogP contribution is -2.60. The van der Waals surface area contributed by atoms with Crippen LogP contribution < -0.4 is 10.1 Å². The van der Waals surface area contributed by atoms with Gasteiger partial charge in [0.25, 0.3) is 0 Å². The normalized spacial score (nSPS) is 28.5. The molecule has 1 spiro atoms. The van der Waals surface area contributed by atoms with E-state index in [-0.39, 0.29) is 11.2 Å². The fourth-order valence-electron chi connectivity index (χ4n) is 3.90. The zero-order valence-electron chi connectivity index (χ0n) is 13.3. The number of morpholine rings is 1. The maximum absolute atomic E-state index is 6.67. The molecule has 2 aliphatic rings. The van der Waals surface area contributed by atoms with E-state index in [1.165, 1.54) is 37.7 Å². The highest BCUT2D eigenvalue weighted by molar-refractivity contribution is 5.28. The molecular weight excluding hydrogens is 262 g/mol. The number of hydrogen-bond donors (Lipinski definition) is 1. The van der Waals surface area contributed by atoms with E-state index in [1.54, 1.807) is 7.11 Å². The molecule has 1 saturated carbocycles.